The van der Waals surface area contributed by atoms with E-state index in [1.54, 1.807) is 24.3 Å². The van der Waals surface area contributed by atoms with Crippen molar-refractivity contribution in [3.8, 4) is 5.75 Å². The number of nitrogens with one attached hydrogen (secondary N) is 2. The van der Waals surface area contributed by atoms with Crippen molar-refractivity contribution in [2.45, 2.75) is 39.2 Å². The number of carbonyl (C=O) groups excluding carboxylic acids is 2. The van der Waals surface area contributed by atoms with Gasteiger partial charge in [-0.1, -0.05) is 12.1 Å². The Balaban J connectivity index is 1.53. The van der Waals surface area contributed by atoms with Gasteiger partial charge in [-0.2, -0.15) is 0 Å². The lowest BCUT2D eigenvalue weighted by molar-refractivity contribution is -0.114. The fraction of sp³-hybridized carbons (Fsp3) is 0.391. The molecule has 3 rings (SSSR count). The van der Waals surface area contributed by atoms with Crippen molar-refractivity contribution >= 4 is 23.2 Å². The molecule has 2 aromatic carbocycles. The Bertz CT molecular complexity index is 828. The summed E-state index contributed by atoms with van der Waals surface area (Å²) in [7, 11) is 0. The van der Waals surface area contributed by atoms with Gasteiger partial charge in [-0.05, 0) is 69.5 Å². The van der Waals surface area contributed by atoms with E-state index in [0.717, 1.165) is 37.4 Å². The molecule has 0 spiro atoms. The molecule has 2 amide bonds. The summed E-state index contributed by atoms with van der Waals surface area (Å²) in [4.78, 5) is 26.7. The number of nitrogens with zero attached hydrogens (tertiary/aromatic N) is 1. The summed E-state index contributed by atoms with van der Waals surface area (Å²) in [6.07, 6.45) is 3.38. The zero-order valence-corrected chi connectivity index (χ0v) is 17.1. The third-order valence-corrected chi connectivity index (χ3v) is 4.75. The Morgan fingerprint density at radius 2 is 1.69 bits per heavy atom. The SMILES string of the molecule is CC(C)Oc1ccccc1NCC(=O)Nc1ccc(C(=O)N2CCCCC2)cc1. The van der Waals surface area contributed by atoms with Crippen molar-refractivity contribution in [1.29, 1.82) is 0 Å². The first kappa shape index (κ1) is 20.7. The molecule has 1 saturated heterocycles. The molecule has 154 valence electrons. The van der Waals surface area contributed by atoms with Gasteiger partial charge in [0.1, 0.15) is 5.75 Å². The monoisotopic (exact) mass is 395 g/mol. The Morgan fingerprint density at radius 3 is 2.38 bits per heavy atom. The van der Waals surface area contributed by atoms with Gasteiger partial charge in [0.15, 0.2) is 0 Å². The van der Waals surface area contributed by atoms with E-state index in [2.05, 4.69) is 10.6 Å². The van der Waals surface area contributed by atoms with E-state index in [1.165, 1.54) is 6.42 Å². The molecule has 0 saturated carbocycles. The standard InChI is InChI=1S/C23H29N3O3/c1-17(2)29-21-9-5-4-8-20(21)24-16-22(27)25-19-12-10-18(11-13-19)23(28)26-14-6-3-7-15-26/h4-5,8-13,17,24H,3,6-7,14-16H2,1-2H3,(H,25,27). The van der Waals surface area contributed by atoms with Crippen LogP contribution in [0.5, 0.6) is 5.75 Å². The number of amides is 2. The summed E-state index contributed by atoms with van der Waals surface area (Å²) in [6.45, 7) is 5.69. The Kier molecular flexibility index (Phi) is 7.11. The average Bonchev–Trinajstić information content (AvgIpc) is 2.73. The van der Waals surface area contributed by atoms with Crippen molar-refractivity contribution in [3.63, 3.8) is 0 Å². The van der Waals surface area contributed by atoms with E-state index in [-0.39, 0.29) is 24.5 Å². The maximum absolute atomic E-state index is 12.5. The summed E-state index contributed by atoms with van der Waals surface area (Å²) in [5.41, 5.74) is 2.10. The van der Waals surface area contributed by atoms with Gasteiger partial charge in [0, 0.05) is 24.3 Å². The lowest BCUT2D eigenvalue weighted by Crippen LogP contribution is -2.35. The summed E-state index contributed by atoms with van der Waals surface area (Å²) in [5, 5.41) is 5.96. The molecule has 2 aromatic rings. The molecule has 1 aliphatic rings. The molecule has 1 fully saturated rings. The van der Waals surface area contributed by atoms with Crippen LogP contribution in [0.1, 0.15) is 43.5 Å². The molecule has 2 N–H and O–H groups in total. The normalized spacial score (nSPS) is 13.8. The molecule has 29 heavy (non-hydrogen) atoms. The largest absolute Gasteiger partial charge is 0.489 e. The number of piperidine rings is 1. The molecule has 1 aliphatic heterocycles. The van der Waals surface area contributed by atoms with E-state index in [1.807, 2.05) is 43.0 Å². The first-order valence-electron chi connectivity index (χ1n) is 10.2. The summed E-state index contributed by atoms with van der Waals surface area (Å²) >= 11 is 0. The van der Waals surface area contributed by atoms with Gasteiger partial charge < -0.3 is 20.3 Å². The number of rotatable bonds is 7. The molecular formula is C23H29N3O3. The quantitative estimate of drug-likeness (QED) is 0.739. The molecule has 6 nitrogen and oxygen atoms in total. The van der Waals surface area contributed by atoms with E-state index in [4.69, 9.17) is 4.74 Å². The number of likely N-dealkylation sites (tertiary alicyclic amines) is 1. The first-order valence-corrected chi connectivity index (χ1v) is 10.2. The number of carbonyl (C=O) groups is 2. The van der Waals surface area contributed by atoms with Crippen LogP contribution in [0.15, 0.2) is 48.5 Å². The van der Waals surface area contributed by atoms with Gasteiger partial charge in [0.25, 0.3) is 5.91 Å². The molecular weight excluding hydrogens is 366 g/mol. The zero-order valence-electron chi connectivity index (χ0n) is 17.1. The number of para-hydroxylation sites is 2. The number of benzene rings is 2. The van der Waals surface area contributed by atoms with Crippen molar-refractivity contribution in [2.75, 3.05) is 30.3 Å². The lowest BCUT2D eigenvalue weighted by Gasteiger charge is -2.26. The fourth-order valence-corrected chi connectivity index (χ4v) is 3.33. The van der Waals surface area contributed by atoms with Crippen molar-refractivity contribution < 1.29 is 14.3 Å². The highest BCUT2D eigenvalue weighted by atomic mass is 16.5. The van der Waals surface area contributed by atoms with Gasteiger partial charge in [0.2, 0.25) is 5.91 Å². The number of anilines is 2. The van der Waals surface area contributed by atoms with Crippen molar-refractivity contribution in [3.05, 3.63) is 54.1 Å². The van der Waals surface area contributed by atoms with Crippen LogP contribution in [0.2, 0.25) is 0 Å². The molecule has 6 heteroatoms. The minimum absolute atomic E-state index is 0.0536. The second kappa shape index (κ2) is 9.96. The Labute approximate surface area is 172 Å². The molecule has 0 radical (unpaired) electrons. The molecule has 0 aromatic heterocycles. The predicted octanol–water partition coefficient (Wildman–Crippen LogP) is 4.15. The summed E-state index contributed by atoms with van der Waals surface area (Å²) < 4.78 is 5.75. The van der Waals surface area contributed by atoms with Gasteiger partial charge in [0.05, 0.1) is 18.3 Å². The van der Waals surface area contributed by atoms with Crippen LogP contribution in [0.25, 0.3) is 0 Å². The first-order chi connectivity index (χ1) is 14.0. The van der Waals surface area contributed by atoms with Crippen LogP contribution in [0.4, 0.5) is 11.4 Å². The summed E-state index contributed by atoms with van der Waals surface area (Å²) in [5.74, 6) is 0.612. The highest BCUT2D eigenvalue weighted by molar-refractivity contribution is 5.96. The van der Waals surface area contributed by atoms with Crippen LogP contribution < -0.4 is 15.4 Å². The van der Waals surface area contributed by atoms with Gasteiger partial charge in [-0.25, -0.2) is 0 Å². The Hall–Kier alpha value is -3.02. The smallest absolute Gasteiger partial charge is 0.253 e. The van der Waals surface area contributed by atoms with Crippen LogP contribution in [0.3, 0.4) is 0 Å². The van der Waals surface area contributed by atoms with E-state index in [9.17, 15) is 9.59 Å². The Morgan fingerprint density at radius 1 is 1.00 bits per heavy atom. The van der Waals surface area contributed by atoms with Crippen molar-refractivity contribution in [1.82, 2.24) is 4.90 Å². The van der Waals surface area contributed by atoms with Crippen LogP contribution in [0, 0.1) is 0 Å². The van der Waals surface area contributed by atoms with Crippen LogP contribution >= 0.6 is 0 Å². The van der Waals surface area contributed by atoms with E-state index >= 15 is 0 Å². The molecule has 0 bridgehead atoms. The lowest BCUT2D eigenvalue weighted by atomic mass is 10.1. The highest BCUT2D eigenvalue weighted by Gasteiger charge is 2.18. The van der Waals surface area contributed by atoms with E-state index in [0.29, 0.717) is 11.3 Å². The summed E-state index contributed by atoms with van der Waals surface area (Å²) in [6, 6.07) is 14.6. The zero-order chi connectivity index (χ0) is 20.6. The van der Waals surface area contributed by atoms with E-state index < -0.39 is 0 Å². The third-order valence-electron chi connectivity index (χ3n) is 4.75. The van der Waals surface area contributed by atoms with Gasteiger partial charge in [-0.3, -0.25) is 9.59 Å². The topological polar surface area (TPSA) is 70.7 Å². The predicted molar refractivity (Wildman–Crippen MR) is 116 cm³/mol. The second-order valence-electron chi connectivity index (χ2n) is 7.49. The minimum Gasteiger partial charge on any atom is -0.489 e. The number of hydrogen-bond acceptors (Lipinski definition) is 4. The van der Waals surface area contributed by atoms with Crippen LogP contribution in [-0.4, -0.2) is 42.5 Å². The minimum atomic E-state index is -0.167. The van der Waals surface area contributed by atoms with Crippen molar-refractivity contribution in [2.24, 2.45) is 0 Å². The fourth-order valence-electron chi connectivity index (χ4n) is 3.33. The molecule has 0 unspecified atom stereocenters. The highest BCUT2D eigenvalue weighted by Crippen LogP contribution is 2.24. The van der Waals surface area contributed by atoms with Gasteiger partial charge in [-0.15, -0.1) is 0 Å². The molecule has 0 atom stereocenters. The molecule has 1 heterocycles. The number of ether oxygens (including phenoxy) is 1. The number of hydrogen-bond donors (Lipinski definition) is 2. The third kappa shape index (κ3) is 5.98. The average molecular weight is 396 g/mol. The van der Waals surface area contributed by atoms with Crippen LogP contribution in [-0.2, 0) is 4.79 Å². The maximum atomic E-state index is 12.5. The molecule has 0 aliphatic carbocycles. The maximum Gasteiger partial charge on any atom is 0.253 e. The van der Waals surface area contributed by atoms with Gasteiger partial charge >= 0.3 is 0 Å². The second-order valence-corrected chi connectivity index (χ2v) is 7.49.